The molecule has 1 aliphatic rings. The Bertz CT molecular complexity index is 825. The second-order valence-electron chi connectivity index (χ2n) is 4.93. The van der Waals surface area contributed by atoms with Gasteiger partial charge in [0.25, 0.3) is 5.88 Å². The van der Waals surface area contributed by atoms with Crippen molar-refractivity contribution in [3.8, 4) is 5.88 Å². The van der Waals surface area contributed by atoms with Crippen LogP contribution < -0.4 is 15.4 Å². The van der Waals surface area contributed by atoms with E-state index in [9.17, 15) is 22.7 Å². The molecule has 1 aromatic heterocycles. The second-order valence-corrected chi connectivity index (χ2v) is 4.93. The Labute approximate surface area is 142 Å². The van der Waals surface area contributed by atoms with E-state index in [0.29, 0.717) is 12.1 Å². The maximum Gasteiger partial charge on any atom is 0.419 e. The van der Waals surface area contributed by atoms with Gasteiger partial charge in [0.15, 0.2) is 0 Å². The lowest BCUT2D eigenvalue weighted by atomic mass is 10.1. The van der Waals surface area contributed by atoms with Crippen molar-refractivity contribution in [1.82, 2.24) is 10.3 Å². The standard InChI is InChI=1S/C13H11F4N5O4/c14-8-2-1-6(5-7(8)13(15,16)17)22-10(20-25-12(22)23)9-11(21-26-19-9)24-4-3-18/h1-2,5,12,23H,3-4,18H2. The molecule has 1 atom stereocenters. The molecule has 0 bridgehead atoms. The zero-order valence-electron chi connectivity index (χ0n) is 12.8. The Morgan fingerprint density at radius 1 is 1.31 bits per heavy atom. The van der Waals surface area contributed by atoms with Gasteiger partial charge in [0.2, 0.25) is 11.5 Å². The minimum atomic E-state index is -4.94. The largest absolute Gasteiger partial charge is 0.472 e. The molecule has 1 aromatic carbocycles. The molecule has 26 heavy (non-hydrogen) atoms. The monoisotopic (exact) mass is 377 g/mol. The minimum absolute atomic E-state index is 0.0483. The van der Waals surface area contributed by atoms with Crippen LogP contribution in [-0.2, 0) is 11.0 Å². The maximum absolute atomic E-state index is 13.5. The molecule has 0 saturated carbocycles. The molecule has 13 heteroatoms. The van der Waals surface area contributed by atoms with Crippen LogP contribution in [0.1, 0.15) is 11.3 Å². The number of oxime groups is 1. The first-order valence-corrected chi connectivity index (χ1v) is 7.06. The third-order valence-corrected chi connectivity index (χ3v) is 3.24. The molecule has 2 heterocycles. The van der Waals surface area contributed by atoms with Crippen LogP contribution in [-0.4, -0.2) is 40.8 Å². The molecule has 0 saturated heterocycles. The summed E-state index contributed by atoms with van der Waals surface area (Å²) in [5.41, 5.74) is 3.39. The lowest BCUT2D eigenvalue weighted by Crippen LogP contribution is -2.37. The van der Waals surface area contributed by atoms with E-state index >= 15 is 0 Å². The fraction of sp³-hybridized carbons (Fsp3) is 0.308. The lowest BCUT2D eigenvalue weighted by Gasteiger charge is -2.21. The lowest BCUT2D eigenvalue weighted by molar-refractivity contribution is -0.140. The number of halogens is 4. The van der Waals surface area contributed by atoms with Crippen molar-refractivity contribution in [2.45, 2.75) is 12.6 Å². The number of hydrogen-bond donors (Lipinski definition) is 2. The number of rotatable bonds is 5. The summed E-state index contributed by atoms with van der Waals surface area (Å²) in [6.45, 7) is 0.196. The van der Waals surface area contributed by atoms with Crippen molar-refractivity contribution in [1.29, 1.82) is 0 Å². The van der Waals surface area contributed by atoms with Gasteiger partial charge in [-0.15, -0.1) is 0 Å². The molecule has 0 aliphatic carbocycles. The van der Waals surface area contributed by atoms with Crippen molar-refractivity contribution in [2.75, 3.05) is 18.1 Å². The van der Waals surface area contributed by atoms with Crippen molar-refractivity contribution in [2.24, 2.45) is 10.9 Å². The second kappa shape index (κ2) is 6.76. The first-order valence-electron chi connectivity index (χ1n) is 7.06. The Kier molecular flexibility index (Phi) is 4.65. The van der Waals surface area contributed by atoms with Crippen LogP contribution in [0, 0.1) is 5.82 Å². The van der Waals surface area contributed by atoms with E-state index in [4.69, 9.17) is 10.5 Å². The van der Waals surface area contributed by atoms with E-state index in [1.807, 2.05) is 0 Å². The average molecular weight is 377 g/mol. The van der Waals surface area contributed by atoms with Gasteiger partial charge in [0, 0.05) is 12.2 Å². The smallest absolute Gasteiger partial charge is 0.419 e. The Morgan fingerprint density at radius 3 is 2.77 bits per heavy atom. The third kappa shape index (κ3) is 3.25. The summed E-state index contributed by atoms with van der Waals surface area (Å²) in [6.07, 6.45) is -6.72. The third-order valence-electron chi connectivity index (χ3n) is 3.24. The fourth-order valence-electron chi connectivity index (χ4n) is 2.15. The normalized spacial score (nSPS) is 17.2. The van der Waals surface area contributed by atoms with E-state index in [-0.39, 0.29) is 36.2 Å². The number of aromatic nitrogens is 2. The number of hydrogen-bond acceptors (Lipinski definition) is 9. The summed E-state index contributed by atoms with van der Waals surface area (Å²) in [4.78, 5) is 5.51. The van der Waals surface area contributed by atoms with Gasteiger partial charge in [-0.3, -0.25) is 4.90 Å². The first kappa shape index (κ1) is 17.9. The van der Waals surface area contributed by atoms with Crippen LogP contribution in [0.25, 0.3) is 0 Å². The van der Waals surface area contributed by atoms with Crippen LogP contribution in [0.3, 0.4) is 0 Å². The highest BCUT2D eigenvalue weighted by molar-refractivity contribution is 6.10. The number of nitrogens with zero attached hydrogens (tertiary/aromatic N) is 4. The number of alkyl halides is 3. The van der Waals surface area contributed by atoms with Crippen LogP contribution in [0.15, 0.2) is 28.0 Å². The molecule has 0 amide bonds. The number of benzene rings is 1. The molecule has 2 aromatic rings. The van der Waals surface area contributed by atoms with Crippen molar-refractivity contribution in [3.05, 3.63) is 35.3 Å². The SMILES string of the molecule is NCCOc1nonc1C1=NOC(O)N1c1ccc(F)c(C(F)(F)F)c1. The predicted molar refractivity (Wildman–Crippen MR) is 76.4 cm³/mol. The number of aliphatic hydroxyl groups is 1. The molecule has 0 radical (unpaired) electrons. The fourth-order valence-corrected chi connectivity index (χ4v) is 2.15. The minimum Gasteiger partial charge on any atom is -0.472 e. The molecule has 9 nitrogen and oxygen atoms in total. The zero-order chi connectivity index (χ0) is 18.9. The Morgan fingerprint density at radius 2 is 2.08 bits per heavy atom. The van der Waals surface area contributed by atoms with E-state index < -0.39 is 24.0 Å². The van der Waals surface area contributed by atoms with E-state index in [1.165, 1.54) is 0 Å². The van der Waals surface area contributed by atoms with Gasteiger partial charge in [-0.1, -0.05) is 5.16 Å². The number of nitrogens with two attached hydrogens (primary N) is 1. The molecule has 0 fully saturated rings. The number of aliphatic hydroxyl groups excluding tert-OH is 1. The molecule has 140 valence electrons. The molecule has 0 spiro atoms. The van der Waals surface area contributed by atoms with Gasteiger partial charge in [-0.2, -0.15) is 13.2 Å². The highest BCUT2D eigenvalue weighted by atomic mass is 19.4. The average Bonchev–Trinajstić information content (AvgIpc) is 3.18. The van der Waals surface area contributed by atoms with E-state index in [0.717, 1.165) is 11.0 Å². The van der Waals surface area contributed by atoms with Crippen LogP contribution in [0.2, 0.25) is 0 Å². The summed E-state index contributed by atoms with van der Waals surface area (Å²) in [5.74, 6) is -1.87. The summed E-state index contributed by atoms with van der Waals surface area (Å²) in [5, 5.41) is 20.5. The van der Waals surface area contributed by atoms with Crippen LogP contribution >= 0.6 is 0 Å². The predicted octanol–water partition coefficient (Wildman–Crippen LogP) is 1.04. The van der Waals surface area contributed by atoms with Crippen molar-refractivity contribution in [3.63, 3.8) is 0 Å². The topological polar surface area (TPSA) is 119 Å². The highest BCUT2D eigenvalue weighted by Gasteiger charge is 2.39. The molecular formula is C13H11F4N5O4. The number of amidine groups is 1. The summed E-state index contributed by atoms with van der Waals surface area (Å²) in [6, 6.07) is 2.11. The van der Waals surface area contributed by atoms with Gasteiger partial charge in [0.1, 0.15) is 12.4 Å². The molecular weight excluding hydrogens is 366 g/mol. The van der Waals surface area contributed by atoms with Crippen molar-refractivity contribution >= 4 is 11.5 Å². The summed E-state index contributed by atoms with van der Waals surface area (Å²) >= 11 is 0. The summed E-state index contributed by atoms with van der Waals surface area (Å²) in [7, 11) is 0. The number of ether oxygens (including phenoxy) is 1. The van der Waals surface area contributed by atoms with Gasteiger partial charge >= 0.3 is 12.6 Å². The Balaban J connectivity index is 1.99. The highest BCUT2D eigenvalue weighted by Crippen LogP contribution is 2.35. The molecule has 3 rings (SSSR count). The maximum atomic E-state index is 13.5. The molecule has 1 aliphatic heterocycles. The quantitative estimate of drug-likeness (QED) is 0.742. The van der Waals surface area contributed by atoms with Gasteiger partial charge in [0.05, 0.1) is 5.56 Å². The van der Waals surface area contributed by atoms with Crippen LogP contribution in [0.4, 0.5) is 23.2 Å². The first-order chi connectivity index (χ1) is 12.3. The van der Waals surface area contributed by atoms with Crippen molar-refractivity contribution < 1.29 is 36.9 Å². The molecule has 3 N–H and O–H groups in total. The van der Waals surface area contributed by atoms with Gasteiger partial charge in [-0.05, 0) is 28.5 Å². The van der Waals surface area contributed by atoms with Gasteiger partial charge in [-0.25, -0.2) is 9.02 Å². The summed E-state index contributed by atoms with van der Waals surface area (Å²) < 4.78 is 62.0. The Hall–Kier alpha value is -2.93. The van der Waals surface area contributed by atoms with E-state index in [2.05, 4.69) is 24.9 Å². The molecule has 1 unspecified atom stereocenters. The van der Waals surface area contributed by atoms with Gasteiger partial charge < -0.3 is 20.4 Å². The van der Waals surface area contributed by atoms with E-state index in [1.54, 1.807) is 0 Å². The number of anilines is 1. The zero-order valence-corrected chi connectivity index (χ0v) is 12.8. The van der Waals surface area contributed by atoms with Crippen LogP contribution in [0.5, 0.6) is 5.88 Å².